The average molecular weight is 663 g/mol. The predicted molar refractivity (Wildman–Crippen MR) is 170 cm³/mol. The number of aryl methyl sites for hydroxylation is 1. The molecule has 0 aliphatic rings. The lowest BCUT2D eigenvalue weighted by molar-refractivity contribution is -0.284. The maximum Gasteiger partial charge on any atom is 0.416 e. The summed E-state index contributed by atoms with van der Waals surface area (Å²) in [6.07, 6.45) is -3.99. The van der Waals surface area contributed by atoms with Crippen LogP contribution < -0.4 is 11.1 Å². The molecule has 0 heterocycles. The average Bonchev–Trinajstić information content (AvgIpc) is 3.05. The van der Waals surface area contributed by atoms with Crippen molar-refractivity contribution in [3.05, 3.63) is 112 Å². The third-order valence-corrected chi connectivity index (χ3v) is 6.74. The van der Waals surface area contributed by atoms with E-state index < -0.39 is 29.7 Å². The number of rotatable bonds is 9. The van der Waals surface area contributed by atoms with E-state index in [0.717, 1.165) is 17.7 Å². The summed E-state index contributed by atoms with van der Waals surface area (Å²) in [7, 11) is 0. The number of aromatic hydroxyl groups is 1. The zero-order valence-corrected chi connectivity index (χ0v) is 26.1. The standard InChI is InChI=1S/C19H20F3NO3.C13H9ClFNO2.C2H6/c1-2-18(26-25)23-17(24)11-8-13-6-9-14(10-7-13)15-4-3-5-16(12-15)19(20,21)22;14-10-6-8(1-3-11(10)15)7-2-4-12(17)9(5-7)13(16)18;1-2/h3-7,9-10,12,18,25H,2,8,11H2,1H3,(H,23,24);1-6,17H,(H2,16,18);1-2H3. The number of amides is 2. The van der Waals surface area contributed by atoms with Crippen molar-refractivity contribution >= 4 is 23.4 Å². The zero-order valence-electron chi connectivity index (χ0n) is 25.4. The molecule has 246 valence electrons. The van der Waals surface area contributed by atoms with Gasteiger partial charge in [-0.2, -0.15) is 13.2 Å². The summed E-state index contributed by atoms with van der Waals surface area (Å²) in [6.45, 7) is 5.76. The number of halogens is 5. The van der Waals surface area contributed by atoms with Gasteiger partial charge in [-0.15, -0.1) is 0 Å². The molecule has 0 bridgehead atoms. The van der Waals surface area contributed by atoms with E-state index >= 15 is 0 Å². The first-order valence-electron chi connectivity index (χ1n) is 14.3. The van der Waals surface area contributed by atoms with Crippen molar-refractivity contribution < 1.29 is 42.4 Å². The lowest BCUT2D eigenvalue weighted by Gasteiger charge is -2.13. The van der Waals surface area contributed by atoms with E-state index in [4.69, 9.17) is 22.6 Å². The number of hydrogen-bond donors (Lipinski definition) is 4. The Morgan fingerprint density at radius 3 is 2.07 bits per heavy atom. The minimum absolute atomic E-state index is 0.00736. The highest BCUT2D eigenvalue weighted by Gasteiger charge is 2.30. The van der Waals surface area contributed by atoms with Crippen LogP contribution in [-0.4, -0.2) is 28.4 Å². The minimum Gasteiger partial charge on any atom is -0.507 e. The highest BCUT2D eigenvalue weighted by Crippen LogP contribution is 2.32. The zero-order chi connectivity index (χ0) is 34.4. The largest absolute Gasteiger partial charge is 0.507 e. The Balaban J connectivity index is 0.000000321. The second-order valence-electron chi connectivity index (χ2n) is 9.57. The Bertz CT molecular complexity index is 1590. The van der Waals surface area contributed by atoms with Gasteiger partial charge in [-0.05, 0) is 77.1 Å². The lowest BCUT2D eigenvalue weighted by atomic mass is 10.0. The third-order valence-electron chi connectivity index (χ3n) is 6.45. The molecule has 0 saturated heterocycles. The van der Waals surface area contributed by atoms with Crippen molar-refractivity contribution in [2.75, 3.05) is 0 Å². The molecule has 0 aromatic heterocycles. The SMILES string of the molecule is CC.CCC(NC(=O)CCc1ccc(-c2cccc(C(F)(F)F)c2)cc1)OO.NC(=O)c1cc(-c2ccc(F)c(Cl)c2)ccc1O. The van der Waals surface area contributed by atoms with Gasteiger partial charge in [-0.3, -0.25) is 9.59 Å². The highest BCUT2D eigenvalue weighted by molar-refractivity contribution is 6.31. The van der Waals surface area contributed by atoms with Gasteiger partial charge in [-0.25, -0.2) is 14.5 Å². The van der Waals surface area contributed by atoms with Crippen LogP contribution in [0, 0.1) is 5.82 Å². The number of primary amides is 1. The number of hydrogen-bond acceptors (Lipinski definition) is 5. The van der Waals surface area contributed by atoms with Crippen molar-refractivity contribution in [3.63, 3.8) is 0 Å². The number of carbonyl (C=O) groups is 2. The van der Waals surface area contributed by atoms with Crippen molar-refractivity contribution in [2.45, 2.75) is 52.4 Å². The van der Waals surface area contributed by atoms with Crippen LogP contribution >= 0.6 is 11.6 Å². The number of phenols is 1. The second kappa shape index (κ2) is 17.9. The summed E-state index contributed by atoms with van der Waals surface area (Å²) in [5.41, 5.74) is 7.73. The molecule has 4 aromatic rings. The molecule has 46 heavy (non-hydrogen) atoms. The summed E-state index contributed by atoms with van der Waals surface area (Å²) >= 11 is 5.68. The van der Waals surface area contributed by atoms with Crippen LogP contribution in [0.1, 0.15) is 55.1 Å². The Labute approximate surface area is 269 Å². The molecule has 4 rings (SSSR count). The predicted octanol–water partition coefficient (Wildman–Crippen LogP) is 8.62. The molecule has 4 aromatic carbocycles. The van der Waals surface area contributed by atoms with Crippen LogP contribution in [0.2, 0.25) is 5.02 Å². The molecule has 0 spiro atoms. The molecule has 2 amide bonds. The first kappa shape index (κ1) is 37.7. The van der Waals surface area contributed by atoms with Crippen molar-refractivity contribution in [3.8, 4) is 28.0 Å². The van der Waals surface area contributed by atoms with Gasteiger partial charge in [0, 0.05) is 6.42 Å². The first-order chi connectivity index (χ1) is 21.8. The molecule has 0 saturated carbocycles. The van der Waals surface area contributed by atoms with E-state index in [0.29, 0.717) is 35.1 Å². The molecule has 1 atom stereocenters. The van der Waals surface area contributed by atoms with Gasteiger partial charge in [0.05, 0.1) is 16.1 Å². The van der Waals surface area contributed by atoms with E-state index in [1.165, 1.54) is 36.4 Å². The van der Waals surface area contributed by atoms with E-state index in [-0.39, 0.29) is 28.7 Å². The number of carbonyl (C=O) groups excluding carboxylic acids is 2. The maximum absolute atomic E-state index is 13.0. The smallest absolute Gasteiger partial charge is 0.416 e. The van der Waals surface area contributed by atoms with Crippen LogP contribution in [0.5, 0.6) is 5.75 Å². The van der Waals surface area contributed by atoms with Crippen LogP contribution in [0.3, 0.4) is 0 Å². The van der Waals surface area contributed by atoms with Gasteiger partial charge in [0.2, 0.25) is 5.91 Å². The molecular formula is C34H35ClF4N2O5. The number of nitrogens with two attached hydrogens (primary N) is 1. The molecule has 5 N–H and O–H groups in total. The van der Waals surface area contributed by atoms with Crippen molar-refractivity contribution in [2.24, 2.45) is 5.73 Å². The van der Waals surface area contributed by atoms with Gasteiger partial charge in [0.25, 0.3) is 5.91 Å². The Kier molecular flexibility index (Phi) is 14.7. The number of benzene rings is 4. The highest BCUT2D eigenvalue weighted by atomic mass is 35.5. The molecule has 0 aliphatic heterocycles. The van der Waals surface area contributed by atoms with E-state index in [9.17, 15) is 32.3 Å². The van der Waals surface area contributed by atoms with Gasteiger partial charge < -0.3 is 16.2 Å². The normalized spacial score (nSPS) is 11.3. The summed E-state index contributed by atoms with van der Waals surface area (Å²) < 4.78 is 51.4. The maximum atomic E-state index is 13.0. The minimum atomic E-state index is -4.38. The van der Waals surface area contributed by atoms with Gasteiger partial charge in [0.1, 0.15) is 11.6 Å². The number of nitrogens with one attached hydrogen (secondary N) is 1. The van der Waals surface area contributed by atoms with Gasteiger partial charge >= 0.3 is 6.18 Å². The van der Waals surface area contributed by atoms with Crippen molar-refractivity contribution in [1.29, 1.82) is 0 Å². The Hall–Kier alpha value is -4.45. The quantitative estimate of drug-likeness (QED) is 0.0619. The molecular weight excluding hydrogens is 628 g/mol. The van der Waals surface area contributed by atoms with Gasteiger partial charge in [0.15, 0.2) is 6.23 Å². The monoisotopic (exact) mass is 662 g/mol. The fraction of sp³-hybridized carbons (Fsp3) is 0.235. The molecule has 7 nitrogen and oxygen atoms in total. The lowest BCUT2D eigenvalue weighted by Crippen LogP contribution is -2.35. The van der Waals surface area contributed by atoms with Crippen molar-refractivity contribution in [1.82, 2.24) is 5.32 Å². The summed E-state index contributed by atoms with van der Waals surface area (Å²) in [5, 5.41) is 20.6. The van der Waals surface area contributed by atoms with Gasteiger partial charge in [-0.1, -0.05) is 80.9 Å². The third kappa shape index (κ3) is 11.2. The Morgan fingerprint density at radius 2 is 1.50 bits per heavy atom. The fourth-order valence-electron chi connectivity index (χ4n) is 4.04. The van der Waals surface area contributed by atoms with Crippen LogP contribution in [0.4, 0.5) is 17.6 Å². The van der Waals surface area contributed by atoms with Crippen LogP contribution in [-0.2, 0) is 22.3 Å². The topological polar surface area (TPSA) is 122 Å². The Morgan fingerprint density at radius 1 is 0.913 bits per heavy atom. The second-order valence-corrected chi connectivity index (χ2v) is 9.98. The molecule has 0 aliphatic carbocycles. The van der Waals surface area contributed by atoms with E-state index in [1.54, 1.807) is 43.3 Å². The van der Waals surface area contributed by atoms with Crippen LogP contribution in [0.25, 0.3) is 22.3 Å². The van der Waals surface area contributed by atoms with E-state index in [2.05, 4.69) is 10.2 Å². The summed E-state index contributed by atoms with van der Waals surface area (Å²) in [6, 6.07) is 20.7. The summed E-state index contributed by atoms with van der Waals surface area (Å²) in [5.74, 6) is -1.70. The van der Waals surface area contributed by atoms with Crippen LogP contribution in [0.15, 0.2) is 84.9 Å². The summed E-state index contributed by atoms with van der Waals surface area (Å²) in [4.78, 5) is 27.0. The molecule has 1 unspecified atom stereocenters. The fourth-order valence-corrected chi connectivity index (χ4v) is 4.22. The molecule has 0 radical (unpaired) electrons. The first-order valence-corrected chi connectivity index (χ1v) is 14.6. The molecule has 0 fully saturated rings. The molecule has 12 heteroatoms. The van der Waals surface area contributed by atoms with E-state index in [1.807, 2.05) is 13.8 Å². The number of alkyl halides is 3.